The highest BCUT2D eigenvalue weighted by Crippen LogP contribution is 2.20. The average molecular weight is 231 g/mol. The zero-order chi connectivity index (χ0) is 12.5. The van der Waals surface area contributed by atoms with Crippen LogP contribution in [-0.2, 0) is 12.0 Å². The largest absolute Gasteiger partial charge is 0.390 e. The van der Waals surface area contributed by atoms with Crippen molar-refractivity contribution in [2.24, 2.45) is 0 Å². The highest BCUT2D eigenvalue weighted by atomic mass is 16.3. The van der Waals surface area contributed by atoms with Crippen molar-refractivity contribution in [2.45, 2.75) is 32.8 Å². The van der Waals surface area contributed by atoms with Crippen LogP contribution in [0.1, 0.15) is 32.2 Å². The summed E-state index contributed by atoms with van der Waals surface area (Å²) in [5, 5.41) is 13.6. The number of aliphatic hydroxyl groups is 1. The highest BCUT2D eigenvalue weighted by Gasteiger charge is 2.16. The van der Waals surface area contributed by atoms with E-state index in [-0.39, 0.29) is 12.0 Å². The second-order valence-electron chi connectivity index (χ2n) is 5.06. The van der Waals surface area contributed by atoms with Crippen LogP contribution in [0.25, 0.3) is 5.69 Å². The van der Waals surface area contributed by atoms with Gasteiger partial charge in [-0.2, -0.15) is 5.10 Å². The molecule has 0 saturated heterocycles. The molecule has 0 unspecified atom stereocenters. The normalized spacial score (nSPS) is 11.8. The lowest BCUT2D eigenvalue weighted by molar-refractivity contribution is 0.277. The van der Waals surface area contributed by atoms with Gasteiger partial charge in [0.05, 0.1) is 23.7 Å². The molecule has 0 fully saturated rings. The van der Waals surface area contributed by atoms with E-state index in [1.165, 1.54) is 0 Å². The Morgan fingerprint density at radius 1 is 1.29 bits per heavy atom. The first-order valence-corrected chi connectivity index (χ1v) is 5.63. The molecule has 0 spiro atoms. The van der Waals surface area contributed by atoms with E-state index in [4.69, 9.17) is 5.11 Å². The third-order valence-corrected chi connectivity index (χ3v) is 2.58. The molecule has 0 aromatic carbocycles. The Labute approximate surface area is 101 Å². The summed E-state index contributed by atoms with van der Waals surface area (Å²) < 4.78 is 1.81. The quantitative estimate of drug-likeness (QED) is 0.860. The smallest absolute Gasteiger partial charge is 0.0853 e. The van der Waals surface area contributed by atoms with Crippen molar-refractivity contribution < 1.29 is 5.11 Å². The Balaban J connectivity index is 2.37. The summed E-state index contributed by atoms with van der Waals surface area (Å²) in [6.07, 6.45) is 3.61. The van der Waals surface area contributed by atoms with E-state index in [2.05, 4.69) is 30.9 Å². The van der Waals surface area contributed by atoms with Gasteiger partial charge >= 0.3 is 0 Å². The maximum Gasteiger partial charge on any atom is 0.0853 e. The van der Waals surface area contributed by atoms with E-state index in [0.29, 0.717) is 5.69 Å². The molecule has 2 rings (SSSR count). The van der Waals surface area contributed by atoms with Gasteiger partial charge in [-0.05, 0) is 18.2 Å². The number of pyridine rings is 1. The van der Waals surface area contributed by atoms with Crippen LogP contribution in [-0.4, -0.2) is 19.9 Å². The van der Waals surface area contributed by atoms with Gasteiger partial charge in [-0.3, -0.25) is 4.98 Å². The fourth-order valence-electron chi connectivity index (χ4n) is 1.56. The van der Waals surface area contributed by atoms with E-state index < -0.39 is 0 Å². The molecule has 4 heteroatoms. The van der Waals surface area contributed by atoms with E-state index in [1.54, 1.807) is 10.9 Å². The molecule has 1 N–H and O–H groups in total. The Morgan fingerprint density at radius 2 is 2.06 bits per heavy atom. The van der Waals surface area contributed by atoms with Crippen LogP contribution in [0, 0.1) is 0 Å². The Hall–Kier alpha value is -1.68. The predicted octanol–water partition coefficient (Wildman–Crippen LogP) is 2.06. The molecule has 0 atom stereocenters. The summed E-state index contributed by atoms with van der Waals surface area (Å²) in [5.74, 6) is 0. The van der Waals surface area contributed by atoms with Crippen LogP contribution in [0.4, 0.5) is 0 Å². The zero-order valence-corrected chi connectivity index (χ0v) is 10.4. The number of hydrogen-bond donors (Lipinski definition) is 1. The van der Waals surface area contributed by atoms with Gasteiger partial charge in [-0.25, -0.2) is 4.68 Å². The lowest BCUT2D eigenvalue weighted by atomic mass is 9.93. The van der Waals surface area contributed by atoms with Gasteiger partial charge in [0.1, 0.15) is 0 Å². The minimum atomic E-state index is -0.0543. The van der Waals surface area contributed by atoms with Crippen molar-refractivity contribution in [1.29, 1.82) is 0 Å². The molecule has 2 aromatic rings. The number of aromatic nitrogens is 3. The standard InChI is InChI=1S/C13H17N3O/c1-13(2,3)12-5-7-16(15-12)11-4-6-14-10(8-11)9-17/h4-8,17H,9H2,1-3H3. The maximum atomic E-state index is 9.05. The minimum absolute atomic E-state index is 0.0398. The van der Waals surface area contributed by atoms with Gasteiger partial charge in [0, 0.05) is 17.8 Å². The van der Waals surface area contributed by atoms with Crippen LogP contribution in [0.2, 0.25) is 0 Å². The Bertz CT molecular complexity index is 511. The summed E-state index contributed by atoms with van der Waals surface area (Å²) in [4.78, 5) is 4.05. The molecule has 90 valence electrons. The summed E-state index contributed by atoms with van der Waals surface area (Å²) in [6.45, 7) is 6.34. The van der Waals surface area contributed by atoms with E-state index in [0.717, 1.165) is 11.4 Å². The third-order valence-electron chi connectivity index (χ3n) is 2.58. The SMILES string of the molecule is CC(C)(C)c1ccn(-c2ccnc(CO)c2)n1. The molecule has 17 heavy (non-hydrogen) atoms. The van der Waals surface area contributed by atoms with Gasteiger partial charge in [0.25, 0.3) is 0 Å². The first-order chi connectivity index (χ1) is 8.00. The first kappa shape index (κ1) is 11.8. The van der Waals surface area contributed by atoms with Crippen LogP contribution in [0.15, 0.2) is 30.6 Å². The van der Waals surface area contributed by atoms with Gasteiger partial charge in [0.15, 0.2) is 0 Å². The van der Waals surface area contributed by atoms with Crippen LogP contribution >= 0.6 is 0 Å². The van der Waals surface area contributed by atoms with Gasteiger partial charge in [-0.15, -0.1) is 0 Å². The molecule has 0 bridgehead atoms. The molecule has 0 aliphatic heterocycles. The lowest BCUT2D eigenvalue weighted by Gasteiger charge is -2.14. The molecule has 4 nitrogen and oxygen atoms in total. The fourth-order valence-corrected chi connectivity index (χ4v) is 1.56. The molecular weight excluding hydrogens is 214 g/mol. The van der Waals surface area contributed by atoms with E-state index in [1.807, 2.05) is 24.4 Å². The fraction of sp³-hybridized carbons (Fsp3) is 0.385. The zero-order valence-electron chi connectivity index (χ0n) is 10.4. The average Bonchev–Trinajstić information content (AvgIpc) is 2.78. The van der Waals surface area contributed by atoms with E-state index in [9.17, 15) is 0 Å². The number of aliphatic hydroxyl groups excluding tert-OH is 1. The topological polar surface area (TPSA) is 50.9 Å². The molecule has 0 amide bonds. The van der Waals surface area contributed by atoms with Gasteiger partial charge in [-0.1, -0.05) is 20.8 Å². The summed E-state index contributed by atoms with van der Waals surface area (Å²) >= 11 is 0. The molecule has 0 aliphatic carbocycles. The van der Waals surface area contributed by atoms with Gasteiger partial charge < -0.3 is 5.11 Å². The molecule has 0 aliphatic rings. The summed E-state index contributed by atoms with van der Waals surface area (Å²) in [6, 6.07) is 5.72. The van der Waals surface area contributed by atoms with Crippen molar-refractivity contribution in [3.8, 4) is 5.69 Å². The maximum absolute atomic E-state index is 9.05. The van der Waals surface area contributed by atoms with Crippen LogP contribution in [0.5, 0.6) is 0 Å². The second kappa shape index (κ2) is 4.30. The highest BCUT2D eigenvalue weighted by molar-refractivity contribution is 5.31. The predicted molar refractivity (Wildman–Crippen MR) is 66.0 cm³/mol. The van der Waals surface area contributed by atoms with Crippen molar-refractivity contribution in [3.63, 3.8) is 0 Å². The molecule has 2 aromatic heterocycles. The summed E-state index contributed by atoms with van der Waals surface area (Å²) in [7, 11) is 0. The number of rotatable bonds is 2. The lowest BCUT2D eigenvalue weighted by Crippen LogP contribution is -2.12. The number of hydrogen-bond acceptors (Lipinski definition) is 3. The number of nitrogens with zero attached hydrogens (tertiary/aromatic N) is 3. The monoisotopic (exact) mass is 231 g/mol. The molecule has 0 radical (unpaired) electrons. The van der Waals surface area contributed by atoms with Crippen molar-refractivity contribution in [2.75, 3.05) is 0 Å². The van der Waals surface area contributed by atoms with Crippen LogP contribution in [0.3, 0.4) is 0 Å². The van der Waals surface area contributed by atoms with Crippen molar-refractivity contribution >= 4 is 0 Å². The summed E-state index contributed by atoms with van der Waals surface area (Å²) in [5.41, 5.74) is 2.65. The van der Waals surface area contributed by atoms with E-state index >= 15 is 0 Å². The minimum Gasteiger partial charge on any atom is -0.390 e. The van der Waals surface area contributed by atoms with Crippen molar-refractivity contribution in [3.05, 3.63) is 42.0 Å². The van der Waals surface area contributed by atoms with Crippen molar-refractivity contribution in [1.82, 2.24) is 14.8 Å². The van der Waals surface area contributed by atoms with Gasteiger partial charge in [0.2, 0.25) is 0 Å². The van der Waals surface area contributed by atoms with Crippen LogP contribution < -0.4 is 0 Å². The second-order valence-corrected chi connectivity index (χ2v) is 5.06. The molecular formula is C13H17N3O. The first-order valence-electron chi connectivity index (χ1n) is 5.63. The molecule has 2 heterocycles. The Morgan fingerprint density at radius 3 is 2.65 bits per heavy atom. The molecule has 0 saturated carbocycles. The Kier molecular flexibility index (Phi) is 2.98. The third kappa shape index (κ3) is 2.53.